The first-order valence-corrected chi connectivity index (χ1v) is 6.17. The zero-order chi connectivity index (χ0) is 12.2. The minimum absolute atomic E-state index is 0.0261. The lowest BCUT2D eigenvalue weighted by Gasteiger charge is -2.28. The van der Waals surface area contributed by atoms with Crippen molar-refractivity contribution in [2.45, 2.75) is 19.4 Å². The van der Waals surface area contributed by atoms with E-state index in [1.165, 1.54) is 0 Å². The van der Waals surface area contributed by atoms with E-state index in [2.05, 4.69) is 0 Å². The molecule has 17 heavy (non-hydrogen) atoms. The first kappa shape index (κ1) is 11.0. The summed E-state index contributed by atoms with van der Waals surface area (Å²) >= 11 is 0. The predicted molar refractivity (Wildman–Crippen MR) is 55.7 cm³/mol. The van der Waals surface area contributed by atoms with Crippen molar-refractivity contribution >= 4 is 11.9 Å². The van der Waals surface area contributed by atoms with Gasteiger partial charge in [0.1, 0.15) is 6.10 Å². The maximum atomic E-state index is 11.9. The lowest BCUT2D eigenvalue weighted by Crippen LogP contribution is -2.39. The van der Waals surface area contributed by atoms with Gasteiger partial charge in [0, 0.05) is 18.4 Å². The molecule has 1 aliphatic heterocycles. The van der Waals surface area contributed by atoms with E-state index in [4.69, 9.17) is 9.47 Å². The second-order valence-corrected chi connectivity index (χ2v) is 5.11. The van der Waals surface area contributed by atoms with Crippen LogP contribution in [0.2, 0.25) is 0 Å². The van der Waals surface area contributed by atoms with Crippen molar-refractivity contribution in [3.8, 4) is 0 Å². The number of esters is 2. The van der Waals surface area contributed by atoms with Crippen LogP contribution < -0.4 is 0 Å². The normalized spacial score (nSPS) is 46.1. The molecular weight excluding hydrogens is 224 g/mol. The SMILES string of the molecule is CCOC(=O)C1C2CC3C(OC(=O)C31)C2CO. The minimum Gasteiger partial charge on any atom is -0.466 e. The number of rotatable bonds is 3. The van der Waals surface area contributed by atoms with Gasteiger partial charge in [-0.15, -0.1) is 0 Å². The van der Waals surface area contributed by atoms with E-state index in [1.54, 1.807) is 6.92 Å². The number of aliphatic hydroxyl groups excluding tert-OH is 1. The van der Waals surface area contributed by atoms with Gasteiger partial charge in [0.15, 0.2) is 0 Å². The highest BCUT2D eigenvalue weighted by Gasteiger charge is 2.68. The topological polar surface area (TPSA) is 72.8 Å². The van der Waals surface area contributed by atoms with Crippen LogP contribution in [0.5, 0.6) is 0 Å². The lowest BCUT2D eigenvalue weighted by atomic mass is 9.74. The van der Waals surface area contributed by atoms with Gasteiger partial charge < -0.3 is 14.6 Å². The van der Waals surface area contributed by atoms with Crippen LogP contribution in [-0.2, 0) is 19.1 Å². The Morgan fingerprint density at radius 1 is 1.53 bits per heavy atom. The van der Waals surface area contributed by atoms with Crippen LogP contribution in [0.4, 0.5) is 0 Å². The second-order valence-electron chi connectivity index (χ2n) is 5.11. The number of fused-ring (bicyclic) bond motifs is 1. The Hall–Kier alpha value is -1.10. The van der Waals surface area contributed by atoms with E-state index >= 15 is 0 Å². The molecule has 0 aromatic carbocycles. The van der Waals surface area contributed by atoms with Gasteiger partial charge in [-0.3, -0.25) is 9.59 Å². The predicted octanol–water partition coefficient (Wildman–Crippen LogP) is -0.0345. The van der Waals surface area contributed by atoms with Gasteiger partial charge in [0.05, 0.1) is 18.4 Å². The third kappa shape index (κ3) is 1.29. The van der Waals surface area contributed by atoms with Crippen molar-refractivity contribution < 1.29 is 24.2 Å². The Balaban J connectivity index is 1.90. The van der Waals surface area contributed by atoms with Crippen molar-refractivity contribution in [3.63, 3.8) is 0 Å². The molecule has 3 fully saturated rings. The molecule has 5 heteroatoms. The minimum atomic E-state index is -0.400. The van der Waals surface area contributed by atoms with E-state index in [0.717, 1.165) is 6.42 Å². The molecule has 6 atom stereocenters. The quantitative estimate of drug-likeness (QED) is 0.701. The third-order valence-electron chi connectivity index (χ3n) is 4.54. The Morgan fingerprint density at radius 2 is 2.29 bits per heavy atom. The Kier molecular flexibility index (Phi) is 2.40. The molecule has 94 valence electrons. The zero-order valence-corrected chi connectivity index (χ0v) is 9.67. The summed E-state index contributed by atoms with van der Waals surface area (Å²) in [4.78, 5) is 23.7. The molecule has 0 amide bonds. The van der Waals surface area contributed by atoms with Gasteiger partial charge in [0.2, 0.25) is 0 Å². The Labute approximate surface area is 99.1 Å². The monoisotopic (exact) mass is 240 g/mol. The van der Waals surface area contributed by atoms with Crippen LogP contribution in [0.3, 0.4) is 0 Å². The number of aliphatic hydroxyl groups is 1. The summed E-state index contributed by atoms with van der Waals surface area (Å²) in [5.74, 6) is -1.24. The summed E-state index contributed by atoms with van der Waals surface area (Å²) in [5, 5.41) is 9.38. The molecule has 6 unspecified atom stereocenters. The molecule has 0 radical (unpaired) electrons. The van der Waals surface area contributed by atoms with Gasteiger partial charge in [-0.05, 0) is 19.3 Å². The van der Waals surface area contributed by atoms with Crippen molar-refractivity contribution in [3.05, 3.63) is 0 Å². The van der Waals surface area contributed by atoms with E-state index < -0.39 is 5.92 Å². The highest BCUT2D eigenvalue weighted by atomic mass is 16.6. The second kappa shape index (κ2) is 3.70. The molecule has 3 aliphatic rings. The molecule has 0 aromatic rings. The summed E-state index contributed by atoms with van der Waals surface area (Å²) in [5.41, 5.74) is 0. The summed E-state index contributed by atoms with van der Waals surface area (Å²) in [7, 11) is 0. The Bertz CT molecular complexity index is 366. The van der Waals surface area contributed by atoms with E-state index in [9.17, 15) is 14.7 Å². The summed E-state index contributed by atoms with van der Waals surface area (Å²) in [6.07, 6.45) is 0.628. The molecule has 2 bridgehead atoms. The third-order valence-corrected chi connectivity index (χ3v) is 4.54. The maximum Gasteiger partial charge on any atom is 0.310 e. The molecule has 2 saturated carbocycles. The zero-order valence-electron chi connectivity index (χ0n) is 9.67. The van der Waals surface area contributed by atoms with Gasteiger partial charge in [-0.25, -0.2) is 0 Å². The van der Waals surface area contributed by atoms with Crippen LogP contribution >= 0.6 is 0 Å². The maximum absolute atomic E-state index is 11.9. The first-order chi connectivity index (χ1) is 8.19. The molecule has 2 aliphatic carbocycles. The molecule has 0 spiro atoms. The van der Waals surface area contributed by atoms with Gasteiger partial charge in [-0.1, -0.05) is 0 Å². The highest BCUT2D eigenvalue weighted by molar-refractivity contribution is 5.86. The van der Waals surface area contributed by atoms with Crippen LogP contribution in [0.1, 0.15) is 13.3 Å². The number of ether oxygens (including phenoxy) is 2. The summed E-state index contributed by atoms with van der Waals surface area (Å²) < 4.78 is 10.3. The number of carbonyl (C=O) groups is 2. The van der Waals surface area contributed by atoms with Crippen molar-refractivity contribution in [1.29, 1.82) is 0 Å². The number of hydrogen-bond acceptors (Lipinski definition) is 5. The van der Waals surface area contributed by atoms with Crippen molar-refractivity contribution in [2.75, 3.05) is 13.2 Å². The van der Waals surface area contributed by atoms with E-state index in [-0.39, 0.29) is 48.3 Å². The largest absolute Gasteiger partial charge is 0.466 e. The van der Waals surface area contributed by atoms with Crippen molar-refractivity contribution in [1.82, 2.24) is 0 Å². The number of hydrogen-bond donors (Lipinski definition) is 1. The highest BCUT2D eigenvalue weighted by Crippen LogP contribution is 2.60. The van der Waals surface area contributed by atoms with Crippen LogP contribution in [0, 0.1) is 29.6 Å². The summed E-state index contributed by atoms with van der Waals surface area (Å²) in [6.45, 7) is 2.05. The van der Waals surface area contributed by atoms with Crippen LogP contribution in [0.25, 0.3) is 0 Å². The van der Waals surface area contributed by atoms with Crippen molar-refractivity contribution in [2.24, 2.45) is 29.6 Å². The molecule has 1 heterocycles. The molecule has 0 aromatic heterocycles. The smallest absolute Gasteiger partial charge is 0.310 e. The molecule has 1 saturated heterocycles. The van der Waals surface area contributed by atoms with Crippen LogP contribution in [0.15, 0.2) is 0 Å². The molecule has 5 nitrogen and oxygen atoms in total. The molecular formula is C12H16O5. The average Bonchev–Trinajstić information content (AvgIpc) is 2.88. The van der Waals surface area contributed by atoms with E-state index in [1.807, 2.05) is 0 Å². The van der Waals surface area contributed by atoms with Gasteiger partial charge in [-0.2, -0.15) is 0 Å². The fourth-order valence-electron chi connectivity index (χ4n) is 3.99. The fourth-order valence-corrected chi connectivity index (χ4v) is 3.99. The van der Waals surface area contributed by atoms with Crippen LogP contribution in [-0.4, -0.2) is 36.4 Å². The van der Waals surface area contributed by atoms with Gasteiger partial charge in [0.25, 0.3) is 0 Å². The molecule has 1 N–H and O–H groups in total. The first-order valence-electron chi connectivity index (χ1n) is 6.17. The fraction of sp³-hybridized carbons (Fsp3) is 0.833. The molecule has 3 rings (SSSR count). The van der Waals surface area contributed by atoms with E-state index in [0.29, 0.717) is 6.61 Å². The van der Waals surface area contributed by atoms with Gasteiger partial charge >= 0.3 is 11.9 Å². The summed E-state index contributed by atoms with van der Waals surface area (Å²) in [6, 6.07) is 0. The lowest BCUT2D eigenvalue weighted by molar-refractivity contribution is -0.155. The Morgan fingerprint density at radius 3 is 2.94 bits per heavy atom. The number of carbonyl (C=O) groups excluding carboxylic acids is 2. The average molecular weight is 240 g/mol. The standard InChI is InChI=1S/C12H16O5/c1-2-16-11(14)8-5-3-6-9(8)12(15)17-10(6)7(5)4-13/h5-10,13H,2-4H2,1H3.